The third kappa shape index (κ3) is 3.96. The summed E-state index contributed by atoms with van der Waals surface area (Å²) in [6.45, 7) is 6.43. The summed E-state index contributed by atoms with van der Waals surface area (Å²) in [7, 11) is 2.15. The summed E-state index contributed by atoms with van der Waals surface area (Å²) >= 11 is 0. The maximum absolute atomic E-state index is 3.57. The molecule has 0 amide bonds. The van der Waals surface area contributed by atoms with Crippen molar-refractivity contribution >= 4 is 0 Å². The molecule has 0 bridgehead atoms. The predicted octanol–water partition coefficient (Wildman–Crippen LogP) is 2.89. The zero-order chi connectivity index (χ0) is 12.1. The Bertz CT molecular complexity index is 209. The molecule has 2 unspecified atom stereocenters. The lowest BCUT2D eigenvalue weighted by Gasteiger charge is -2.35. The van der Waals surface area contributed by atoms with E-state index >= 15 is 0 Å². The largest absolute Gasteiger partial charge is 0.317 e. The van der Waals surface area contributed by atoms with Crippen molar-refractivity contribution in [3.8, 4) is 0 Å². The fourth-order valence-corrected chi connectivity index (χ4v) is 3.56. The quantitative estimate of drug-likeness (QED) is 0.761. The minimum absolute atomic E-state index is 0.775. The van der Waals surface area contributed by atoms with E-state index in [1.54, 1.807) is 0 Å². The highest BCUT2D eigenvalue weighted by molar-refractivity contribution is 4.82. The van der Waals surface area contributed by atoms with Gasteiger partial charge in [0.2, 0.25) is 0 Å². The lowest BCUT2D eigenvalue weighted by Crippen LogP contribution is -2.43. The maximum Gasteiger partial charge on any atom is 0.0104 e. The molecule has 1 saturated carbocycles. The van der Waals surface area contributed by atoms with E-state index in [4.69, 9.17) is 0 Å². The van der Waals surface area contributed by atoms with Crippen LogP contribution >= 0.6 is 0 Å². The predicted molar refractivity (Wildman–Crippen MR) is 74.3 cm³/mol. The summed E-state index contributed by atoms with van der Waals surface area (Å²) in [6.07, 6.45) is 9.99. The number of nitrogens with one attached hydrogen (secondary N) is 1. The molecule has 2 nitrogen and oxygen atoms in total. The van der Waals surface area contributed by atoms with Crippen molar-refractivity contribution in [2.45, 2.75) is 57.9 Å². The van der Waals surface area contributed by atoms with Crippen LogP contribution in [0.4, 0.5) is 0 Å². The van der Waals surface area contributed by atoms with Gasteiger partial charge in [0.05, 0.1) is 0 Å². The van der Waals surface area contributed by atoms with Gasteiger partial charge in [-0.15, -0.1) is 0 Å². The van der Waals surface area contributed by atoms with Gasteiger partial charge in [0.25, 0.3) is 0 Å². The number of piperidine rings is 1. The van der Waals surface area contributed by atoms with E-state index in [1.165, 1.54) is 64.6 Å². The van der Waals surface area contributed by atoms with Crippen LogP contribution in [0.5, 0.6) is 0 Å². The SMILES string of the molecule is CNC1CCCCCC1CN1CCC(C)CC1. The maximum atomic E-state index is 3.57. The molecule has 1 aliphatic carbocycles. The zero-order valence-electron chi connectivity index (χ0n) is 11.8. The van der Waals surface area contributed by atoms with E-state index in [9.17, 15) is 0 Å². The Balaban J connectivity index is 1.82. The van der Waals surface area contributed by atoms with E-state index in [-0.39, 0.29) is 0 Å². The first-order valence-electron chi connectivity index (χ1n) is 7.69. The number of hydrogen-bond acceptors (Lipinski definition) is 2. The van der Waals surface area contributed by atoms with Crippen LogP contribution in [-0.2, 0) is 0 Å². The fraction of sp³-hybridized carbons (Fsp3) is 1.00. The topological polar surface area (TPSA) is 15.3 Å². The molecule has 1 heterocycles. The second-order valence-corrected chi connectivity index (χ2v) is 6.28. The number of rotatable bonds is 3. The number of likely N-dealkylation sites (tertiary alicyclic amines) is 1. The van der Waals surface area contributed by atoms with Crippen LogP contribution in [-0.4, -0.2) is 37.6 Å². The zero-order valence-corrected chi connectivity index (χ0v) is 11.8. The Morgan fingerprint density at radius 1 is 1.00 bits per heavy atom. The van der Waals surface area contributed by atoms with Crippen molar-refractivity contribution in [3.05, 3.63) is 0 Å². The van der Waals surface area contributed by atoms with Gasteiger partial charge in [0.15, 0.2) is 0 Å². The molecule has 0 aromatic heterocycles. The van der Waals surface area contributed by atoms with Gasteiger partial charge in [-0.3, -0.25) is 0 Å². The first kappa shape index (κ1) is 13.4. The van der Waals surface area contributed by atoms with Crippen LogP contribution in [0.15, 0.2) is 0 Å². The second kappa shape index (κ2) is 6.75. The third-order valence-electron chi connectivity index (χ3n) is 4.90. The van der Waals surface area contributed by atoms with Gasteiger partial charge in [0, 0.05) is 12.6 Å². The molecular weight excluding hydrogens is 208 g/mol. The molecule has 2 rings (SSSR count). The molecule has 2 aliphatic rings. The normalized spacial score (nSPS) is 33.5. The van der Waals surface area contributed by atoms with Crippen molar-refractivity contribution in [1.82, 2.24) is 10.2 Å². The smallest absolute Gasteiger partial charge is 0.0104 e. The summed E-state index contributed by atoms with van der Waals surface area (Å²) in [5.74, 6) is 1.86. The highest BCUT2D eigenvalue weighted by Gasteiger charge is 2.25. The van der Waals surface area contributed by atoms with Gasteiger partial charge in [0.1, 0.15) is 0 Å². The molecule has 17 heavy (non-hydrogen) atoms. The van der Waals surface area contributed by atoms with Gasteiger partial charge in [-0.1, -0.05) is 26.2 Å². The van der Waals surface area contributed by atoms with Gasteiger partial charge in [-0.05, 0) is 57.7 Å². The molecule has 0 aromatic carbocycles. The van der Waals surface area contributed by atoms with Crippen molar-refractivity contribution in [2.75, 3.05) is 26.7 Å². The van der Waals surface area contributed by atoms with Crippen molar-refractivity contribution < 1.29 is 0 Å². The molecule has 1 aliphatic heterocycles. The Kier molecular flexibility index (Phi) is 5.30. The minimum atomic E-state index is 0.775. The Labute approximate surface area is 107 Å². The standard InChI is InChI=1S/C15H30N2/c1-13-8-10-17(11-9-13)12-14-6-4-3-5-7-15(14)16-2/h13-16H,3-12H2,1-2H3. The fourth-order valence-electron chi connectivity index (χ4n) is 3.56. The van der Waals surface area contributed by atoms with Crippen molar-refractivity contribution in [1.29, 1.82) is 0 Å². The monoisotopic (exact) mass is 238 g/mol. The van der Waals surface area contributed by atoms with E-state index < -0.39 is 0 Å². The van der Waals surface area contributed by atoms with Crippen LogP contribution in [0.2, 0.25) is 0 Å². The molecular formula is C15H30N2. The summed E-state index contributed by atoms with van der Waals surface area (Å²) in [4.78, 5) is 2.72. The average molecular weight is 238 g/mol. The Morgan fingerprint density at radius 2 is 1.71 bits per heavy atom. The van der Waals surface area contributed by atoms with E-state index in [1.807, 2.05) is 0 Å². The van der Waals surface area contributed by atoms with Crippen LogP contribution < -0.4 is 5.32 Å². The molecule has 0 aromatic rings. The highest BCUT2D eigenvalue weighted by atomic mass is 15.1. The number of hydrogen-bond donors (Lipinski definition) is 1. The van der Waals surface area contributed by atoms with Gasteiger partial charge >= 0.3 is 0 Å². The van der Waals surface area contributed by atoms with E-state index in [2.05, 4.69) is 24.2 Å². The molecule has 0 radical (unpaired) electrons. The van der Waals surface area contributed by atoms with E-state index in [0.717, 1.165) is 17.9 Å². The minimum Gasteiger partial charge on any atom is -0.317 e. The lowest BCUT2D eigenvalue weighted by molar-refractivity contribution is 0.148. The summed E-state index contributed by atoms with van der Waals surface area (Å²) in [5, 5.41) is 3.57. The van der Waals surface area contributed by atoms with Gasteiger partial charge < -0.3 is 10.2 Å². The van der Waals surface area contributed by atoms with Gasteiger partial charge in [-0.2, -0.15) is 0 Å². The number of nitrogens with zero attached hydrogens (tertiary/aromatic N) is 1. The van der Waals surface area contributed by atoms with Crippen LogP contribution in [0.25, 0.3) is 0 Å². The Hall–Kier alpha value is -0.0800. The summed E-state index contributed by atoms with van der Waals surface area (Å²) < 4.78 is 0. The van der Waals surface area contributed by atoms with Crippen LogP contribution in [0.3, 0.4) is 0 Å². The van der Waals surface area contributed by atoms with E-state index in [0.29, 0.717) is 0 Å². The van der Waals surface area contributed by atoms with Crippen molar-refractivity contribution in [3.63, 3.8) is 0 Å². The highest BCUT2D eigenvalue weighted by Crippen LogP contribution is 2.26. The first-order valence-corrected chi connectivity index (χ1v) is 7.69. The third-order valence-corrected chi connectivity index (χ3v) is 4.90. The molecule has 1 N–H and O–H groups in total. The van der Waals surface area contributed by atoms with Crippen molar-refractivity contribution in [2.24, 2.45) is 11.8 Å². The molecule has 100 valence electrons. The molecule has 1 saturated heterocycles. The van der Waals surface area contributed by atoms with Crippen LogP contribution in [0.1, 0.15) is 51.9 Å². The van der Waals surface area contributed by atoms with Gasteiger partial charge in [-0.25, -0.2) is 0 Å². The van der Waals surface area contributed by atoms with Crippen LogP contribution in [0, 0.1) is 11.8 Å². The summed E-state index contributed by atoms with van der Waals surface area (Å²) in [6, 6.07) is 0.775. The first-order chi connectivity index (χ1) is 8.29. The molecule has 2 heteroatoms. The Morgan fingerprint density at radius 3 is 2.41 bits per heavy atom. The molecule has 0 spiro atoms. The molecule has 2 fully saturated rings. The summed E-state index contributed by atoms with van der Waals surface area (Å²) in [5.41, 5.74) is 0. The lowest BCUT2D eigenvalue weighted by atomic mass is 9.92. The molecule has 2 atom stereocenters. The average Bonchev–Trinajstić information content (AvgIpc) is 2.57. The second-order valence-electron chi connectivity index (χ2n) is 6.28.